The summed E-state index contributed by atoms with van der Waals surface area (Å²) in [5, 5.41) is 14.9. The van der Waals surface area contributed by atoms with Gasteiger partial charge in [0.15, 0.2) is 0 Å². The number of hydrogen-bond donors (Lipinski definition) is 0. The molecule has 2 heteroatoms. The van der Waals surface area contributed by atoms with Crippen LogP contribution in [0, 0.1) is 11.3 Å². The molecule has 1 atom stereocenters. The number of hydrogen-bond acceptors (Lipinski definition) is 2. The molecule has 0 saturated carbocycles. The van der Waals surface area contributed by atoms with E-state index in [4.69, 9.17) is 4.42 Å². The van der Waals surface area contributed by atoms with Gasteiger partial charge in [0.25, 0.3) is 0 Å². The van der Waals surface area contributed by atoms with Crippen molar-refractivity contribution < 1.29 is 4.42 Å². The third-order valence-corrected chi connectivity index (χ3v) is 9.88. The second kappa shape index (κ2) is 12.4. The van der Waals surface area contributed by atoms with Crippen LogP contribution in [-0.4, -0.2) is 0 Å². The zero-order chi connectivity index (χ0) is 33.4. The number of nitrogens with zero attached hydrogens (tertiary/aromatic N) is 1. The van der Waals surface area contributed by atoms with Crippen molar-refractivity contribution in [3.8, 4) is 39.4 Å². The van der Waals surface area contributed by atoms with Crippen LogP contribution in [0.5, 0.6) is 0 Å². The van der Waals surface area contributed by atoms with E-state index >= 15 is 0 Å². The Morgan fingerprint density at radius 2 is 1.08 bits per heavy atom. The predicted molar refractivity (Wildman–Crippen MR) is 206 cm³/mol. The standard InChI is InChI=1S/C48H31NO/c49-31-36-17-5-7-23-40(36)46(35-20-10-19-34(30-35)39-25-11-18-33-16-4-6-21-37(33)39)43-27-13-29-45-47(43)44-28-12-26-42(48(44)50-45)41-24-9-8-22-38(41)32-14-2-1-3-15-32/h1-30,46H. The predicted octanol–water partition coefficient (Wildman–Crippen LogP) is 12.8. The summed E-state index contributed by atoms with van der Waals surface area (Å²) in [6.07, 6.45) is 0. The fourth-order valence-corrected chi connectivity index (χ4v) is 7.66. The van der Waals surface area contributed by atoms with Crippen LogP contribution < -0.4 is 0 Å². The molecular weight excluding hydrogens is 607 g/mol. The molecule has 8 aromatic carbocycles. The van der Waals surface area contributed by atoms with Crippen molar-refractivity contribution in [1.29, 1.82) is 5.26 Å². The largest absolute Gasteiger partial charge is 0.455 e. The Morgan fingerprint density at radius 3 is 1.98 bits per heavy atom. The summed E-state index contributed by atoms with van der Waals surface area (Å²) in [7, 11) is 0. The minimum Gasteiger partial charge on any atom is -0.455 e. The first-order valence-corrected chi connectivity index (χ1v) is 16.9. The molecule has 0 aliphatic carbocycles. The topological polar surface area (TPSA) is 36.9 Å². The van der Waals surface area contributed by atoms with Crippen molar-refractivity contribution >= 4 is 32.7 Å². The molecular formula is C48H31NO. The van der Waals surface area contributed by atoms with Gasteiger partial charge in [-0.3, -0.25) is 0 Å². The Hall–Kier alpha value is -6.69. The highest BCUT2D eigenvalue weighted by atomic mass is 16.3. The van der Waals surface area contributed by atoms with E-state index in [1.54, 1.807) is 0 Å². The van der Waals surface area contributed by atoms with E-state index in [0.717, 1.165) is 66.4 Å². The van der Waals surface area contributed by atoms with Gasteiger partial charge in [-0.05, 0) is 67.4 Å². The second-order valence-corrected chi connectivity index (χ2v) is 12.7. The SMILES string of the molecule is N#Cc1ccccc1C(c1cccc(-c2cccc3ccccc23)c1)c1cccc2oc3c(-c4ccccc4-c4ccccc4)cccc3c12. The molecule has 1 heterocycles. The van der Waals surface area contributed by atoms with E-state index in [-0.39, 0.29) is 5.92 Å². The van der Waals surface area contributed by atoms with Gasteiger partial charge in [0.1, 0.15) is 11.2 Å². The Kier molecular flexibility index (Phi) is 7.30. The maximum atomic E-state index is 10.4. The van der Waals surface area contributed by atoms with Crippen molar-refractivity contribution in [2.24, 2.45) is 0 Å². The minimum absolute atomic E-state index is 0.217. The molecule has 2 nitrogen and oxygen atoms in total. The minimum atomic E-state index is -0.217. The summed E-state index contributed by atoms with van der Waals surface area (Å²) in [6, 6.07) is 66.1. The molecule has 234 valence electrons. The summed E-state index contributed by atoms with van der Waals surface area (Å²) in [5.41, 5.74) is 12.4. The maximum Gasteiger partial charge on any atom is 0.143 e. The van der Waals surface area contributed by atoms with E-state index < -0.39 is 0 Å². The van der Waals surface area contributed by atoms with E-state index in [0.29, 0.717) is 5.56 Å². The maximum absolute atomic E-state index is 10.4. The van der Waals surface area contributed by atoms with Gasteiger partial charge in [0.2, 0.25) is 0 Å². The average Bonchev–Trinajstić information content (AvgIpc) is 3.58. The van der Waals surface area contributed by atoms with Crippen molar-refractivity contribution in [3.05, 3.63) is 204 Å². The van der Waals surface area contributed by atoms with Crippen LogP contribution in [-0.2, 0) is 0 Å². The van der Waals surface area contributed by atoms with Crippen molar-refractivity contribution in [2.45, 2.75) is 5.92 Å². The lowest BCUT2D eigenvalue weighted by Crippen LogP contribution is -2.06. The number of rotatable bonds is 6. The Bertz CT molecular complexity index is 2720. The molecule has 0 spiro atoms. The first kappa shape index (κ1) is 29.4. The molecule has 0 fully saturated rings. The summed E-state index contributed by atoms with van der Waals surface area (Å²) in [5.74, 6) is -0.217. The molecule has 9 rings (SSSR count). The molecule has 0 bridgehead atoms. The fourth-order valence-electron chi connectivity index (χ4n) is 7.66. The van der Waals surface area contributed by atoms with Gasteiger partial charge in [-0.1, -0.05) is 170 Å². The summed E-state index contributed by atoms with van der Waals surface area (Å²) in [6.45, 7) is 0. The lowest BCUT2D eigenvalue weighted by molar-refractivity contribution is 0.669. The molecule has 0 aliphatic rings. The zero-order valence-electron chi connectivity index (χ0n) is 27.3. The highest BCUT2D eigenvalue weighted by Gasteiger charge is 2.26. The molecule has 50 heavy (non-hydrogen) atoms. The summed E-state index contributed by atoms with van der Waals surface area (Å²) >= 11 is 0. The van der Waals surface area contributed by atoms with Crippen LogP contribution in [0.2, 0.25) is 0 Å². The van der Waals surface area contributed by atoms with E-state index in [1.807, 2.05) is 24.3 Å². The third-order valence-electron chi connectivity index (χ3n) is 9.88. The van der Waals surface area contributed by atoms with Crippen molar-refractivity contribution in [2.75, 3.05) is 0 Å². The Morgan fingerprint density at radius 1 is 0.460 bits per heavy atom. The average molecular weight is 638 g/mol. The van der Waals surface area contributed by atoms with Crippen molar-refractivity contribution in [3.63, 3.8) is 0 Å². The lowest BCUT2D eigenvalue weighted by atomic mass is 9.80. The summed E-state index contributed by atoms with van der Waals surface area (Å²) < 4.78 is 6.82. The lowest BCUT2D eigenvalue weighted by Gasteiger charge is -2.22. The smallest absolute Gasteiger partial charge is 0.143 e. The van der Waals surface area contributed by atoms with Crippen LogP contribution in [0.3, 0.4) is 0 Å². The van der Waals surface area contributed by atoms with E-state index in [9.17, 15) is 5.26 Å². The van der Waals surface area contributed by atoms with Crippen LogP contribution in [0.15, 0.2) is 186 Å². The number of nitriles is 1. The quantitative estimate of drug-likeness (QED) is 0.170. The Balaban J connectivity index is 1.29. The van der Waals surface area contributed by atoms with Gasteiger partial charge in [-0.25, -0.2) is 0 Å². The Labute approximate surface area is 291 Å². The fraction of sp³-hybridized carbons (Fsp3) is 0.0208. The normalized spacial score (nSPS) is 11.9. The van der Waals surface area contributed by atoms with Gasteiger partial charge in [0, 0.05) is 22.3 Å². The monoisotopic (exact) mass is 637 g/mol. The third kappa shape index (κ3) is 4.96. The number of fused-ring (bicyclic) bond motifs is 4. The van der Waals surface area contributed by atoms with E-state index in [2.05, 4.69) is 164 Å². The molecule has 0 aliphatic heterocycles. The highest BCUT2D eigenvalue weighted by molar-refractivity contribution is 6.12. The number of para-hydroxylation sites is 1. The second-order valence-electron chi connectivity index (χ2n) is 12.7. The van der Waals surface area contributed by atoms with Crippen LogP contribution >= 0.6 is 0 Å². The first-order chi connectivity index (χ1) is 24.8. The molecule has 1 aromatic heterocycles. The molecule has 0 amide bonds. The van der Waals surface area contributed by atoms with Crippen LogP contribution in [0.1, 0.15) is 28.2 Å². The van der Waals surface area contributed by atoms with Gasteiger partial charge in [0.05, 0.1) is 11.6 Å². The number of furan rings is 1. The van der Waals surface area contributed by atoms with Crippen LogP contribution in [0.25, 0.3) is 66.1 Å². The van der Waals surface area contributed by atoms with Crippen molar-refractivity contribution in [1.82, 2.24) is 0 Å². The van der Waals surface area contributed by atoms with Gasteiger partial charge < -0.3 is 4.42 Å². The van der Waals surface area contributed by atoms with Gasteiger partial charge in [-0.15, -0.1) is 0 Å². The van der Waals surface area contributed by atoms with E-state index in [1.165, 1.54) is 16.3 Å². The molecule has 1 unspecified atom stereocenters. The number of benzene rings is 8. The molecule has 0 saturated heterocycles. The van der Waals surface area contributed by atoms with Crippen LogP contribution in [0.4, 0.5) is 0 Å². The first-order valence-electron chi connectivity index (χ1n) is 16.9. The highest BCUT2D eigenvalue weighted by Crippen LogP contribution is 2.45. The van der Waals surface area contributed by atoms with Gasteiger partial charge >= 0.3 is 0 Å². The molecule has 0 N–H and O–H groups in total. The molecule has 9 aromatic rings. The zero-order valence-corrected chi connectivity index (χ0v) is 27.3. The van der Waals surface area contributed by atoms with Gasteiger partial charge in [-0.2, -0.15) is 5.26 Å². The summed E-state index contributed by atoms with van der Waals surface area (Å²) in [4.78, 5) is 0. The molecule has 0 radical (unpaired) electrons.